The molecule has 3 aromatic heterocycles. The Balaban J connectivity index is 1.48. The minimum absolute atomic E-state index is 0.00875. The van der Waals surface area contributed by atoms with Crippen molar-refractivity contribution in [1.29, 1.82) is 0 Å². The minimum Gasteiger partial charge on any atom is -0.323 e. The van der Waals surface area contributed by atoms with Crippen molar-refractivity contribution >= 4 is 28.2 Å². The van der Waals surface area contributed by atoms with Crippen molar-refractivity contribution in [3.63, 3.8) is 0 Å². The molecule has 2 aromatic carbocycles. The van der Waals surface area contributed by atoms with Crippen LogP contribution in [0.4, 0.5) is 17.3 Å². The molecule has 0 atom stereocenters. The molecule has 0 radical (unpaired) electrons. The normalized spacial score (nSPS) is 11.1. The SMILES string of the molecule is Cc1cc(C)c2nc(-n3nc(C)cc3Nc3ccc(-c4cccc([N+](=O)[O-])c4)nn3)cc(C)c2c1. The van der Waals surface area contributed by atoms with E-state index in [-0.39, 0.29) is 5.69 Å². The molecule has 5 rings (SSSR count). The van der Waals surface area contributed by atoms with Gasteiger partial charge in [-0.25, -0.2) is 4.98 Å². The number of anilines is 2. The lowest BCUT2D eigenvalue weighted by molar-refractivity contribution is -0.384. The largest absolute Gasteiger partial charge is 0.323 e. The molecule has 35 heavy (non-hydrogen) atoms. The summed E-state index contributed by atoms with van der Waals surface area (Å²) in [5.41, 5.74) is 6.40. The number of nitrogens with one attached hydrogen (secondary N) is 1. The summed E-state index contributed by atoms with van der Waals surface area (Å²) < 4.78 is 1.76. The van der Waals surface area contributed by atoms with Crippen molar-refractivity contribution in [1.82, 2.24) is 25.0 Å². The van der Waals surface area contributed by atoms with Crippen molar-refractivity contribution in [2.45, 2.75) is 27.7 Å². The average molecular weight is 466 g/mol. The first kappa shape index (κ1) is 22.1. The zero-order valence-corrected chi connectivity index (χ0v) is 19.8. The molecule has 5 aromatic rings. The van der Waals surface area contributed by atoms with E-state index < -0.39 is 4.92 Å². The van der Waals surface area contributed by atoms with Gasteiger partial charge in [0.15, 0.2) is 11.6 Å². The second-order valence-corrected chi connectivity index (χ2v) is 8.59. The maximum absolute atomic E-state index is 11.1. The number of aryl methyl sites for hydroxylation is 4. The number of non-ortho nitro benzene ring substituents is 1. The molecule has 0 aliphatic carbocycles. The maximum atomic E-state index is 11.1. The summed E-state index contributed by atoms with van der Waals surface area (Å²) in [6.07, 6.45) is 0. The van der Waals surface area contributed by atoms with Crippen molar-refractivity contribution in [3.8, 4) is 17.1 Å². The van der Waals surface area contributed by atoms with Gasteiger partial charge < -0.3 is 5.32 Å². The Bertz CT molecular complexity index is 1590. The first-order valence-corrected chi connectivity index (χ1v) is 11.1. The number of nitro benzene ring substituents is 1. The molecule has 3 heterocycles. The zero-order valence-electron chi connectivity index (χ0n) is 19.8. The summed E-state index contributed by atoms with van der Waals surface area (Å²) in [7, 11) is 0. The molecule has 0 aliphatic rings. The van der Waals surface area contributed by atoms with Crippen LogP contribution in [0.1, 0.15) is 22.4 Å². The highest BCUT2D eigenvalue weighted by Crippen LogP contribution is 2.27. The number of aromatic nitrogens is 5. The van der Waals surface area contributed by atoms with E-state index >= 15 is 0 Å². The summed E-state index contributed by atoms with van der Waals surface area (Å²) in [6, 6.07) is 18.1. The summed E-state index contributed by atoms with van der Waals surface area (Å²) in [6.45, 7) is 8.15. The number of pyridine rings is 1. The van der Waals surface area contributed by atoms with E-state index in [1.807, 2.05) is 19.1 Å². The van der Waals surface area contributed by atoms with Crippen molar-refractivity contribution in [2.75, 3.05) is 5.32 Å². The maximum Gasteiger partial charge on any atom is 0.270 e. The van der Waals surface area contributed by atoms with Gasteiger partial charge in [-0.2, -0.15) is 9.78 Å². The fraction of sp³-hybridized carbons (Fsp3) is 0.154. The van der Waals surface area contributed by atoms with Crippen LogP contribution < -0.4 is 5.32 Å². The Morgan fingerprint density at radius 2 is 1.74 bits per heavy atom. The number of fused-ring (bicyclic) bond motifs is 1. The fourth-order valence-corrected chi connectivity index (χ4v) is 4.16. The van der Waals surface area contributed by atoms with Gasteiger partial charge in [0.2, 0.25) is 0 Å². The molecule has 0 bridgehead atoms. The number of nitro groups is 1. The Kier molecular flexibility index (Phi) is 5.44. The van der Waals surface area contributed by atoms with E-state index in [0.29, 0.717) is 28.7 Å². The van der Waals surface area contributed by atoms with Gasteiger partial charge in [-0.05, 0) is 63.1 Å². The third-order valence-corrected chi connectivity index (χ3v) is 5.76. The van der Waals surface area contributed by atoms with Crippen LogP contribution in [0.3, 0.4) is 0 Å². The van der Waals surface area contributed by atoms with Crippen LogP contribution in [-0.4, -0.2) is 29.9 Å². The molecule has 0 aliphatic heterocycles. The van der Waals surface area contributed by atoms with Gasteiger partial charge >= 0.3 is 0 Å². The van der Waals surface area contributed by atoms with E-state index in [1.54, 1.807) is 28.9 Å². The second kappa shape index (κ2) is 8.60. The highest BCUT2D eigenvalue weighted by atomic mass is 16.6. The molecule has 9 heteroatoms. The van der Waals surface area contributed by atoms with Gasteiger partial charge in [0.05, 0.1) is 21.8 Å². The number of benzene rings is 2. The smallest absolute Gasteiger partial charge is 0.270 e. The third-order valence-electron chi connectivity index (χ3n) is 5.76. The molecule has 9 nitrogen and oxygen atoms in total. The monoisotopic (exact) mass is 465 g/mol. The van der Waals surface area contributed by atoms with Crippen LogP contribution in [0.15, 0.2) is 60.7 Å². The fourth-order valence-electron chi connectivity index (χ4n) is 4.16. The average Bonchev–Trinajstić information content (AvgIpc) is 3.20. The molecule has 0 spiro atoms. The molecule has 0 unspecified atom stereocenters. The minimum atomic E-state index is -0.429. The van der Waals surface area contributed by atoms with Gasteiger partial charge in [0.1, 0.15) is 5.82 Å². The second-order valence-electron chi connectivity index (χ2n) is 8.59. The van der Waals surface area contributed by atoms with Crippen LogP contribution in [0.2, 0.25) is 0 Å². The van der Waals surface area contributed by atoms with Crippen molar-refractivity contribution < 1.29 is 4.92 Å². The predicted molar refractivity (Wildman–Crippen MR) is 135 cm³/mol. The predicted octanol–water partition coefficient (Wildman–Crippen LogP) is 5.76. The highest BCUT2D eigenvalue weighted by molar-refractivity contribution is 5.86. The standard InChI is InChI=1S/C26H23N7O2/c1-15-10-17(3)26-21(11-15)16(2)12-24(28-26)32-25(13-18(4)31-32)27-23-9-8-22(29-30-23)19-6-5-7-20(14-19)33(34)35/h5-14H,1-4H3,(H,27,30). The van der Waals surface area contributed by atoms with Crippen LogP contribution >= 0.6 is 0 Å². The van der Waals surface area contributed by atoms with Crippen LogP contribution in [0.5, 0.6) is 0 Å². The van der Waals surface area contributed by atoms with Gasteiger partial charge in [-0.3, -0.25) is 10.1 Å². The van der Waals surface area contributed by atoms with Gasteiger partial charge in [0.25, 0.3) is 5.69 Å². The summed E-state index contributed by atoms with van der Waals surface area (Å²) in [5, 5.41) is 28.6. The Morgan fingerprint density at radius 1 is 0.914 bits per heavy atom. The highest BCUT2D eigenvalue weighted by Gasteiger charge is 2.14. The number of nitrogens with zero attached hydrogens (tertiary/aromatic N) is 6. The number of rotatable bonds is 5. The van der Waals surface area contributed by atoms with Crippen LogP contribution in [0, 0.1) is 37.8 Å². The molecule has 0 saturated heterocycles. The molecule has 0 saturated carbocycles. The lowest BCUT2D eigenvalue weighted by Gasteiger charge is -2.12. The lowest BCUT2D eigenvalue weighted by Crippen LogP contribution is -2.07. The summed E-state index contributed by atoms with van der Waals surface area (Å²) in [4.78, 5) is 15.5. The summed E-state index contributed by atoms with van der Waals surface area (Å²) >= 11 is 0. The molecule has 1 N–H and O–H groups in total. The summed E-state index contributed by atoms with van der Waals surface area (Å²) in [5.74, 6) is 1.93. The van der Waals surface area contributed by atoms with E-state index in [2.05, 4.69) is 53.5 Å². The zero-order chi connectivity index (χ0) is 24.7. The third kappa shape index (κ3) is 4.31. The van der Waals surface area contributed by atoms with Crippen LogP contribution in [0.25, 0.3) is 28.0 Å². The molecule has 0 fully saturated rings. The number of hydrogen-bond donors (Lipinski definition) is 1. The lowest BCUT2D eigenvalue weighted by atomic mass is 10.0. The Morgan fingerprint density at radius 3 is 2.49 bits per heavy atom. The van der Waals surface area contributed by atoms with E-state index in [9.17, 15) is 10.1 Å². The first-order chi connectivity index (χ1) is 16.8. The van der Waals surface area contributed by atoms with Gasteiger partial charge in [0, 0.05) is 29.1 Å². The topological polar surface area (TPSA) is 112 Å². The molecular formula is C26H23N7O2. The van der Waals surface area contributed by atoms with Gasteiger partial charge in [-0.15, -0.1) is 10.2 Å². The van der Waals surface area contributed by atoms with E-state index in [0.717, 1.165) is 27.7 Å². The van der Waals surface area contributed by atoms with E-state index in [4.69, 9.17) is 4.98 Å². The molecule has 174 valence electrons. The van der Waals surface area contributed by atoms with E-state index in [1.165, 1.54) is 17.7 Å². The Labute approximate surface area is 201 Å². The molecular weight excluding hydrogens is 442 g/mol. The van der Waals surface area contributed by atoms with Crippen molar-refractivity contribution in [3.05, 3.63) is 93.2 Å². The number of hydrogen-bond acceptors (Lipinski definition) is 7. The molecule has 0 amide bonds. The van der Waals surface area contributed by atoms with Gasteiger partial charge in [-0.1, -0.05) is 23.8 Å². The van der Waals surface area contributed by atoms with Crippen molar-refractivity contribution in [2.24, 2.45) is 0 Å². The quantitative estimate of drug-likeness (QED) is 0.259. The Hall–Kier alpha value is -4.66. The first-order valence-electron chi connectivity index (χ1n) is 11.1. The van der Waals surface area contributed by atoms with Crippen LogP contribution in [-0.2, 0) is 0 Å².